The Balaban J connectivity index is 2.10. The van der Waals surface area contributed by atoms with Gasteiger partial charge in [-0.15, -0.1) is 0 Å². The van der Waals surface area contributed by atoms with Gasteiger partial charge < -0.3 is 10.2 Å². The second kappa shape index (κ2) is 1.71. The number of phosphoric ester groups is 1. The molecule has 3 rings (SSSR count). The van der Waals surface area contributed by atoms with Gasteiger partial charge in [-0.3, -0.25) is 4.79 Å². The number of carbonyl (C=O) groups excluding carboxylic acids is 1. The molecule has 0 atom stereocenters. The van der Waals surface area contributed by atoms with Crippen molar-refractivity contribution in [1.82, 2.24) is 0 Å². The number of aliphatic hydroxyl groups excluding tert-OH is 1. The number of phosphoric acid groups is 1. The molecule has 3 saturated heterocycles. The summed E-state index contributed by atoms with van der Waals surface area (Å²) in [5.74, 6) is -3.31. The summed E-state index contributed by atoms with van der Waals surface area (Å²) in [5, 5.41) is 16.6. The number of rotatable bonds is 2. The number of carbonyl (C=O) groups is 1. The van der Waals surface area contributed by atoms with Gasteiger partial charge in [0.1, 0.15) is 0 Å². The SMILES string of the molecule is O=C(C(O)O)C12OP(=O)(O1)O2. The van der Waals surface area contributed by atoms with E-state index in [0.717, 1.165) is 0 Å². The van der Waals surface area contributed by atoms with Gasteiger partial charge in [0, 0.05) is 0 Å². The Hall–Kier alpha value is -0.300. The van der Waals surface area contributed by atoms with Crippen LogP contribution in [0.2, 0.25) is 0 Å². The van der Waals surface area contributed by atoms with Gasteiger partial charge in [-0.05, 0) is 0 Å². The first-order chi connectivity index (χ1) is 4.98. The molecular weight excluding hydrogens is 179 g/mol. The number of hydrogen-bond acceptors (Lipinski definition) is 7. The lowest BCUT2D eigenvalue weighted by Crippen LogP contribution is -2.65. The number of Topliss-reactive ketones (excluding diaryl/α,β-unsaturated/α-hetero) is 1. The average molecular weight is 182 g/mol. The highest BCUT2D eigenvalue weighted by atomic mass is 31.2. The van der Waals surface area contributed by atoms with Crippen molar-refractivity contribution in [3.63, 3.8) is 0 Å². The average Bonchev–Trinajstić information content (AvgIpc) is 1.77. The fourth-order valence-corrected chi connectivity index (χ4v) is 1.95. The van der Waals surface area contributed by atoms with Crippen LogP contribution in [-0.2, 0) is 22.9 Å². The molecule has 0 aromatic heterocycles. The summed E-state index contributed by atoms with van der Waals surface area (Å²) >= 11 is 0. The van der Waals surface area contributed by atoms with Crippen LogP contribution in [0.3, 0.4) is 0 Å². The van der Waals surface area contributed by atoms with Crippen LogP contribution in [0.5, 0.6) is 0 Å². The zero-order valence-electron chi connectivity index (χ0n) is 4.96. The van der Waals surface area contributed by atoms with Crippen LogP contribution in [0.15, 0.2) is 0 Å². The van der Waals surface area contributed by atoms with Gasteiger partial charge >= 0.3 is 13.8 Å². The lowest BCUT2D eigenvalue weighted by molar-refractivity contribution is -0.403. The lowest BCUT2D eigenvalue weighted by atomic mass is 10.3. The van der Waals surface area contributed by atoms with Crippen molar-refractivity contribution in [2.45, 2.75) is 12.3 Å². The maximum atomic E-state index is 10.6. The summed E-state index contributed by atoms with van der Waals surface area (Å²) < 4.78 is 23.3. The van der Waals surface area contributed by atoms with Gasteiger partial charge in [0.2, 0.25) is 6.29 Å². The fraction of sp³-hybridized carbons (Fsp3) is 0.667. The molecule has 3 heterocycles. The second-order valence-corrected chi connectivity index (χ2v) is 3.46. The summed E-state index contributed by atoms with van der Waals surface area (Å²) in [6.45, 7) is 0. The van der Waals surface area contributed by atoms with E-state index in [0.29, 0.717) is 0 Å². The molecule has 2 N–H and O–H groups in total. The monoisotopic (exact) mass is 182 g/mol. The Labute approximate surface area is 60.1 Å². The molecule has 0 amide bonds. The van der Waals surface area contributed by atoms with Gasteiger partial charge in [-0.2, -0.15) is 0 Å². The van der Waals surface area contributed by atoms with Crippen LogP contribution in [0.25, 0.3) is 0 Å². The Morgan fingerprint density at radius 2 is 1.82 bits per heavy atom. The van der Waals surface area contributed by atoms with Gasteiger partial charge in [-0.25, -0.2) is 18.1 Å². The summed E-state index contributed by atoms with van der Waals surface area (Å²) in [7, 11) is -3.42. The first-order valence-electron chi connectivity index (χ1n) is 2.60. The molecule has 3 aliphatic heterocycles. The van der Waals surface area contributed by atoms with E-state index in [1.54, 1.807) is 0 Å². The standard InChI is InChI=1S/C3H3O7P/c4-1(2(5)6)3-8-11(7,9-3)10-3/h2,5-6H. The van der Waals surface area contributed by atoms with Crippen molar-refractivity contribution >= 4 is 13.6 Å². The molecule has 8 heteroatoms. The van der Waals surface area contributed by atoms with Gasteiger partial charge in [0.05, 0.1) is 0 Å². The van der Waals surface area contributed by atoms with E-state index in [1.807, 2.05) is 0 Å². The largest absolute Gasteiger partial charge is 0.489 e. The van der Waals surface area contributed by atoms with E-state index in [9.17, 15) is 9.36 Å². The van der Waals surface area contributed by atoms with Gasteiger partial charge in [0.25, 0.3) is 5.78 Å². The van der Waals surface area contributed by atoms with E-state index in [4.69, 9.17) is 10.2 Å². The van der Waals surface area contributed by atoms with Crippen molar-refractivity contribution in [3.05, 3.63) is 0 Å². The minimum Gasteiger partial charge on any atom is -0.362 e. The molecular formula is C3H3O7P. The first kappa shape index (κ1) is 7.35. The van der Waals surface area contributed by atoms with Crippen LogP contribution in [0.1, 0.15) is 0 Å². The Bertz CT molecular complexity index is 242. The number of hydrogen-bond donors (Lipinski definition) is 2. The molecule has 0 aromatic carbocycles. The molecule has 3 fully saturated rings. The minimum atomic E-state index is -3.42. The Morgan fingerprint density at radius 3 is 2.09 bits per heavy atom. The van der Waals surface area contributed by atoms with Crippen molar-refractivity contribution in [2.24, 2.45) is 0 Å². The van der Waals surface area contributed by atoms with Gasteiger partial charge in [-0.1, -0.05) is 0 Å². The summed E-state index contributed by atoms with van der Waals surface area (Å²) in [4.78, 5) is 10.6. The molecule has 3 aliphatic rings. The maximum absolute atomic E-state index is 10.6. The van der Waals surface area contributed by atoms with Crippen LogP contribution in [0.4, 0.5) is 0 Å². The van der Waals surface area contributed by atoms with E-state index in [2.05, 4.69) is 13.6 Å². The molecule has 0 unspecified atom stereocenters. The highest BCUT2D eigenvalue weighted by Gasteiger charge is 2.79. The highest BCUT2D eigenvalue weighted by Crippen LogP contribution is 2.80. The van der Waals surface area contributed by atoms with E-state index in [1.165, 1.54) is 0 Å². The molecule has 2 bridgehead atoms. The van der Waals surface area contributed by atoms with Crippen molar-refractivity contribution in [2.75, 3.05) is 0 Å². The smallest absolute Gasteiger partial charge is 0.362 e. The van der Waals surface area contributed by atoms with Crippen LogP contribution >= 0.6 is 7.82 Å². The quantitative estimate of drug-likeness (QED) is 0.404. The van der Waals surface area contributed by atoms with Gasteiger partial charge in [0.15, 0.2) is 0 Å². The van der Waals surface area contributed by atoms with E-state index in [-0.39, 0.29) is 0 Å². The normalized spacial score (nSPS) is 46.5. The first-order valence-corrected chi connectivity index (χ1v) is 4.06. The number of ketones is 1. The lowest BCUT2D eigenvalue weighted by Gasteiger charge is -2.53. The third kappa shape index (κ3) is 0.750. The summed E-state index contributed by atoms with van der Waals surface area (Å²) in [5.41, 5.74) is 0. The van der Waals surface area contributed by atoms with E-state index >= 15 is 0 Å². The highest BCUT2D eigenvalue weighted by molar-refractivity contribution is 7.52. The second-order valence-electron chi connectivity index (χ2n) is 2.02. The molecule has 0 aliphatic carbocycles. The molecule has 0 radical (unpaired) electrons. The van der Waals surface area contributed by atoms with Crippen LogP contribution in [0, 0.1) is 0 Å². The summed E-state index contributed by atoms with van der Waals surface area (Å²) in [6, 6.07) is 0. The number of aliphatic hydroxyl groups is 2. The molecule has 0 saturated carbocycles. The molecule has 0 aromatic rings. The van der Waals surface area contributed by atoms with Crippen molar-refractivity contribution in [1.29, 1.82) is 0 Å². The third-order valence-corrected chi connectivity index (χ3v) is 2.62. The van der Waals surface area contributed by atoms with E-state index < -0.39 is 25.9 Å². The van der Waals surface area contributed by atoms with Crippen molar-refractivity contribution in [3.8, 4) is 0 Å². The Kier molecular flexibility index (Phi) is 1.15. The van der Waals surface area contributed by atoms with Crippen molar-refractivity contribution < 1.29 is 33.1 Å². The molecule has 0 spiro atoms. The van der Waals surface area contributed by atoms with Crippen LogP contribution < -0.4 is 0 Å². The maximum Gasteiger partial charge on any atom is 0.489 e. The molecule has 7 nitrogen and oxygen atoms in total. The zero-order chi connectivity index (χ0) is 8.28. The predicted octanol–water partition coefficient (Wildman–Crippen LogP) is -1.29. The minimum absolute atomic E-state index is 1.21. The zero-order valence-corrected chi connectivity index (χ0v) is 5.85. The molecule has 11 heavy (non-hydrogen) atoms. The molecule has 62 valence electrons. The topological polar surface area (TPSA) is 102 Å². The fourth-order valence-electron chi connectivity index (χ4n) is 0.755. The van der Waals surface area contributed by atoms with Crippen LogP contribution in [-0.4, -0.2) is 28.3 Å². The predicted molar refractivity (Wildman–Crippen MR) is 26.8 cm³/mol. The third-order valence-electron chi connectivity index (χ3n) is 1.23. The Morgan fingerprint density at radius 1 is 1.36 bits per heavy atom. The summed E-state index contributed by atoms with van der Waals surface area (Å²) in [6.07, 6.45) is -2.25.